The minimum atomic E-state index is -4.59. The van der Waals surface area contributed by atoms with Crippen LogP contribution in [-0.2, 0) is 10.2 Å². The Bertz CT molecular complexity index is 445. The molecular formula is C9H18F3N5O2S. The van der Waals surface area contributed by atoms with E-state index in [-0.39, 0.29) is 25.0 Å². The van der Waals surface area contributed by atoms with Crippen LogP contribution in [0, 0.1) is 5.41 Å². The molecule has 0 aromatic heterocycles. The number of alkyl halides is 3. The van der Waals surface area contributed by atoms with Crippen molar-refractivity contribution in [2.24, 2.45) is 5.73 Å². The number of rotatable bonds is 5. The van der Waals surface area contributed by atoms with Crippen LogP contribution in [0.3, 0.4) is 0 Å². The first-order chi connectivity index (χ1) is 9.03. The predicted molar refractivity (Wildman–Crippen MR) is 67.5 cm³/mol. The molecule has 0 aromatic carbocycles. The monoisotopic (exact) mass is 317 g/mol. The van der Waals surface area contributed by atoms with Crippen LogP contribution in [0.2, 0.25) is 0 Å². The van der Waals surface area contributed by atoms with Gasteiger partial charge in [0.05, 0.1) is 6.04 Å². The van der Waals surface area contributed by atoms with Crippen molar-refractivity contribution in [3.63, 3.8) is 0 Å². The second-order valence-electron chi connectivity index (χ2n) is 4.51. The molecular weight excluding hydrogens is 299 g/mol. The van der Waals surface area contributed by atoms with E-state index in [1.807, 2.05) is 0 Å². The highest BCUT2D eigenvalue weighted by molar-refractivity contribution is 7.87. The van der Waals surface area contributed by atoms with Crippen LogP contribution in [0.25, 0.3) is 0 Å². The molecule has 7 nitrogen and oxygen atoms in total. The number of halogens is 3. The van der Waals surface area contributed by atoms with Crippen LogP contribution in [-0.4, -0.2) is 68.4 Å². The summed E-state index contributed by atoms with van der Waals surface area (Å²) in [5, 5.41) is 7.31. The SMILES string of the molecule is CC(C(=N)N)N1CCN(S(=O)(=O)NCC(F)(F)F)CC1. The first-order valence-electron chi connectivity index (χ1n) is 5.92. The summed E-state index contributed by atoms with van der Waals surface area (Å²) >= 11 is 0. The van der Waals surface area contributed by atoms with Gasteiger partial charge in [0.25, 0.3) is 10.2 Å². The number of nitrogens with one attached hydrogen (secondary N) is 2. The van der Waals surface area contributed by atoms with Crippen LogP contribution in [0.4, 0.5) is 13.2 Å². The zero-order valence-corrected chi connectivity index (χ0v) is 11.8. The molecule has 1 aliphatic heterocycles. The normalized spacial score (nSPS) is 20.8. The average Bonchev–Trinajstić information content (AvgIpc) is 2.35. The molecule has 1 unspecified atom stereocenters. The van der Waals surface area contributed by atoms with Gasteiger partial charge in [-0.05, 0) is 6.92 Å². The molecule has 0 radical (unpaired) electrons. The van der Waals surface area contributed by atoms with E-state index in [4.69, 9.17) is 11.1 Å². The quantitative estimate of drug-likeness (QED) is 0.462. The van der Waals surface area contributed by atoms with Crippen LogP contribution in [0.1, 0.15) is 6.92 Å². The molecule has 118 valence electrons. The highest BCUT2D eigenvalue weighted by atomic mass is 32.2. The smallest absolute Gasteiger partial charge is 0.386 e. The van der Waals surface area contributed by atoms with Crippen molar-refractivity contribution in [2.45, 2.75) is 19.1 Å². The highest BCUT2D eigenvalue weighted by Crippen LogP contribution is 2.14. The van der Waals surface area contributed by atoms with E-state index in [2.05, 4.69) is 0 Å². The topological polar surface area (TPSA) is 103 Å². The Labute approximate surface area is 115 Å². The Kier molecular flexibility index (Phi) is 5.35. The summed E-state index contributed by atoms with van der Waals surface area (Å²) in [6.07, 6.45) is -4.59. The van der Waals surface area contributed by atoms with Crippen molar-refractivity contribution in [1.29, 1.82) is 5.41 Å². The minimum absolute atomic E-state index is 0.0310. The number of hydrogen-bond donors (Lipinski definition) is 3. The molecule has 0 spiro atoms. The van der Waals surface area contributed by atoms with E-state index in [1.54, 1.807) is 11.8 Å². The van der Waals surface area contributed by atoms with Gasteiger partial charge in [-0.2, -0.15) is 30.6 Å². The van der Waals surface area contributed by atoms with Gasteiger partial charge < -0.3 is 5.73 Å². The molecule has 0 aromatic rings. The Morgan fingerprint density at radius 2 is 1.85 bits per heavy atom. The van der Waals surface area contributed by atoms with Gasteiger partial charge in [0, 0.05) is 26.2 Å². The molecule has 1 atom stereocenters. The lowest BCUT2D eigenvalue weighted by atomic mass is 10.2. The van der Waals surface area contributed by atoms with Crippen LogP contribution in [0.15, 0.2) is 0 Å². The molecule has 11 heteroatoms. The van der Waals surface area contributed by atoms with Crippen LogP contribution >= 0.6 is 0 Å². The van der Waals surface area contributed by atoms with Crippen molar-refractivity contribution in [2.75, 3.05) is 32.7 Å². The van der Waals surface area contributed by atoms with Gasteiger partial charge in [-0.15, -0.1) is 0 Å². The van der Waals surface area contributed by atoms with E-state index in [9.17, 15) is 21.6 Å². The largest absolute Gasteiger partial charge is 0.402 e. The van der Waals surface area contributed by atoms with Crippen LogP contribution < -0.4 is 10.5 Å². The van der Waals surface area contributed by atoms with Gasteiger partial charge in [0.1, 0.15) is 12.4 Å². The summed E-state index contributed by atoms with van der Waals surface area (Å²) in [5.74, 6) is -0.0310. The maximum atomic E-state index is 12.0. The molecule has 1 aliphatic rings. The molecule has 0 saturated carbocycles. The van der Waals surface area contributed by atoms with E-state index in [0.29, 0.717) is 13.1 Å². The van der Waals surface area contributed by atoms with Gasteiger partial charge in [0.15, 0.2) is 0 Å². The fraction of sp³-hybridized carbons (Fsp3) is 0.889. The lowest BCUT2D eigenvalue weighted by Crippen LogP contribution is -2.56. The minimum Gasteiger partial charge on any atom is -0.386 e. The Morgan fingerprint density at radius 3 is 2.25 bits per heavy atom. The maximum Gasteiger partial charge on any atom is 0.402 e. The number of nitrogens with zero attached hydrogens (tertiary/aromatic N) is 2. The number of amidine groups is 1. The number of nitrogens with two attached hydrogens (primary N) is 1. The molecule has 1 rings (SSSR count). The lowest BCUT2D eigenvalue weighted by Gasteiger charge is -2.36. The Balaban J connectivity index is 2.54. The predicted octanol–water partition coefficient (Wildman–Crippen LogP) is -0.675. The molecule has 0 aliphatic carbocycles. The van der Waals surface area contributed by atoms with Crippen molar-refractivity contribution >= 4 is 16.0 Å². The summed E-state index contributed by atoms with van der Waals surface area (Å²) in [4.78, 5) is 1.80. The molecule has 0 bridgehead atoms. The second kappa shape index (κ2) is 6.24. The zero-order valence-electron chi connectivity index (χ0n) is 10.9. The summed E-state index contributed by atoms with van der Waals surface area (Å²) in [5.41, 5.74) is 5.36. The Morgan fingerprint density at radius 1 is 1.35 bits per heavy atom. The van der Waals surface area contributed by atoms with E-state index in [1.165, 1.54) is 4.72 Å². The molecule has 1 heterocycles. The van der Waals surface area contributed by atoms with Gasteiger partial charge in [0.2, 0.25) is 0 Å². The summed E-state index contributed by atoms with van der Waals surface area (Å²) < 4.78 is 61.9. The average molecular weight is 317 g/mol. The van der Waals surface area contributed by atoms with Crippen molar-refractivity contribution in [3.05, 3.63) is 0 Å². The number of hydrogen-bond acceptors (Lipinski definition) is 4. The van der Waals surface area contributed by atoms with E-state index >= 15 is 0 Å². The van der Waals surface area contributed by atoms with E-state index < -0.39 is 22.9 Å². The molecule has 0 amide bonds. The third-order valence-electron chi connectivity index (χ3n) is 3.07. The van der Waals surface area contributed by atoms with Crippen molar-refractivity contribution in [3.8, 4) is 0 Å². The van der Waals surface area contributed by atoms with Gasteiger partial charge in [-0.3, -0.25) is 10.3 Å². The third-order valence-corrected chi connectivity index (χ3v) is 4.62. The molecule has 1 fully saturated rings. The lowest BCUT2D eigenvalue weighted by molar-refractivity contribution is -0.121. The summed E-state index contributed by atoms with van der Waals surface area (Å²) in [6.45, 7) is 0.880. The number of piperazine rings is 1. The van der Waals surface area contributed by atoms with Crippen LogP contribution in [0.5, 0.6) is 0 Å². The fourth-order valence-electron chi connectivity index (χ4n) is 1.79. The second-order valence-corrected chi connectivity index (χ2v) is 6.26. The van der Waals surface area contributed by atoms with Crippen molar-refractivity contribution < 1.29 is 21.6 Å². The first-order valence-corrected chi connectivity index (χ1v) is 7.36. The van der Waals surface area contributed by atoms with Crippen molar-refractivity contribution in [1.82, 2.24) is 13.9 Å². The maximum absolute atomic E-state index is 12.0. The zero-order chi connectivity index (χ0) is 15.6. The summed E-state index contributed by atoms with van der Waals surface area (Å²) in [6, 6.07) is -0.317. The van der Waals surface area contributed by atoms with Gasteiger partial charge in [-0.25, -0.2) is 0 Å². The van der Waals surface area contributed by atoms with E-state index in [0.717, 1.165) is 4.31 Å². The van der Waals surface area contributed by atoms with Gasteiger partial charge in [-0.1, -0.05) is 0 Å². The highest BCUT2D eigenvalue weighted by Gasteiger charge is 2.33. The third kappa shape index (κ3) is 4.89. The first kappa shape index (κ1) is 17.1. The molecule has 4 N–H and O–H groups in total. The fourth-order valence-corrected chi connectivity index (χ4v) is 2.96. The molecule has 20 heavy (non-hydrogen) atoms. The summed E-state index contributed by atoms with van der Waals surface area (Å²) in [7, 11) is -4.13. The van der Waals surface area contributed by atoms with Gasteiger partial charge >= 0.3 is 6.18 Å². The Hall–Kier alpha value is -0.910. The standard InChI is InChI=1S/C9H18F3N5O2S/c1-7(8(13)14)16-2-4-17(5-3-16)20(18,19)15-6-9(10,11)12/h7,15H,2-6H2,1H3,(H3,13,14). The molecule has 1 saturated heterocycles.